The molecule has 0 amide bonds. The number of Topliss-reactive ketones (excluding diaryl/α,β-unsaturated/α-hetero) is 1. The molecule has 1 rings (SSSR count). The van der Waals surface area contributed by atoms with Gasteiger partial charge in [0.25, 0.3) is 0 Å². The smallest absolute Gasteiger partial charge is 0.302 e. The largest absolute Gasteiger partial charge is 0.469 e. The number of rotatable bonds is 0. The Labute approximate surface area is 218 Å². The highest BCUT2D eigenvalue weighted by atomic mass is 32.2. The van der Waals surface area contributed by atoms with Gasteiger partial charge in [0.15, 0.2) is 0 Å². The molecule has 1 saturated carbocycles. The van der Waals surface area contributed by atoms with Crippen molar-refractivity contribution in [1.82, 2.24) is 0 Å². The summed E-state index contributed by atoms with van der Waals surface area (Å²) < 4.78 is 12.5. The van der Waals surface area contributed by atoms with Crippen LogP contribution in [0.5, 0.6) is 0 Å². The molecule has 212 valence electrons. The lowest BCUT2D eigenvalue weighted by Gasteiger charge is -2.22. The summed E-state index contributed by atoms with van der Waals surface area (Å²) in [6.07, 6.45) is 12.5. The first-order valence-electron chi connectivity index (χ1n) is 12.1. The van der Waals surface area contributed by atoms with Gasteiger partial charge in [-0.2, -0.15) is 11.8 Å². The SMILES string of the molecule is CC(C)=O.CC1CCC(C)CC1.CCC.CCC.COC.COC(C)=O.COC(C)=O.CSC. The summed E-state index contributed by atoms with van der Waals surface area (Å²) in [5, 5.41) is 0. The molecule has 0 spiro atoms. The number of methoxy groups -OCH3 is 3. The van der Waals surface area contributed by atoms with Crippen LogP contribution < -0.4 is 0 Å². The lowest BCUT2D eigenvalue weighted by Crippen LogP contribution is -2.08. The number of hydrogen-bond donors (Lipinski definition) is 0. The van der Waals surface area contributed by atoms with Crippen LogP contribution in [0.1, 0.15) is 108 Å². The maximum atomic E-state index is 9.59. The lowest BCUT2D eigenvalue weighted by atomic mass is 9.84. The summed E-state index contributed by atoms with van der Waals surface area (Å²) >= 11 is 1.75. The molecule has 1 aliphatic carbocycles. The van der Waals surface area contributed by atoms with Gasteiger partial charge in [-0.15, -0.1) is 0 Å². The van der Waals surface area contributed by atoms with Crippen molar-refractivity contribution in [3.05, 3.63) is 0 Å². The van der Waals surface area contributed by atoms with Crippen molar-refractivity contribution in [2.24, 2.45) is 11.8 Å². The Kier molecular flexibility index (Phi) is 78.3. The van der Waals surface area contributed by atoms with E-state index in [4.69, 9.17) is 0 Å². The van der Waals surface area contributed by atoms with E-state index in [1.165, 1.54) is 80.4 Å². The molecule has 6 nitrogen and oxygen atoms in total. The van der Waals surface area contributed by atoms with Gasteiger partial charge in [-0.1, -0.05) is 80.1 Å². The van der Waals surface area contributed by atoms with Crippen molar-refractivity contribution in [2.45, 2.75) is 108 Å². The molecule has 0 heterocycles. The third-order valence-corrected chi connectivity index (χ3v) is 2.88. The number of carbonyl (C=O) groups excluding carboxylic acids is 3. The van der Waals surface area contributed by atoms with E-state index in [1.54, 1.807) is 26.0 Å². The van der Waals surface area contributed by atoms with Crippen LogP contribution in [0.15, 0.2) is 0 Å². The molecular weight excluding hydrogens is 452 g/mol. The van der Waals surface area contributed by atoms with Crippen molar-refractivity contribution in [2.75, 3.05) is 41.0 Å². The van der Waals surface area contributed by atoms with Crippen LogP contribution in [0.4, 0.5) is 0 Å². The molecule has 0 aliphatic heterocycles. The van der Waals surface area contributed by atoms with Gasteiger partial charge < -0.3 is 19.0 Å². The molecule has 7 heteroatoms. The third-order valence-electron chi connectivity index (χ3n) is 2.88. The summed E-state index contributed by atoms with van der Waals surface area (Å²) in [7, 11) is 5.95. The zero-order valence-electron chi connectivity index (χ0n) is 25.8. The molecule has 0 radical (unpaired) electrons. The third kappa shape index (κ3) is 166. The highest BCUT2D eigenvalue weighted by Gasteiger charge is 2.13. The second-order valence-corrected chi connectivity index (χ2v) is 8.71. The Bertz CT molecular complexity index is 319. The van der Waals surface area contributed by atoms with E-state index in [0.29, 0.717) is 0 Å². The molecule has 0 unspecified atom stereocenters. The van der Waals surface area contributed by atoms with Crippen LogP contribution in [0.3, 0.4) is 0 Å². The average molecular weight is 515 g/mol. The average Bonchev–Trinajstić information content (AvgIpc) is 2.73. The van der Waals surface area contributed by atoms with Crippen LogP contribution in [0.25, 0.3) is 0 Å². The monoisotopic (exact) mass is 514 g/mol. The number of ether oxygens (including phenoxy) is 3. The van der Waals surface area contributed by atoms with E-state index >= 15 is 0 Å². The first-order chi connectivity index (χ1) is 15.7. The van der Waals surface area contributed by atoms with Gasteiger partial charge in [-0.05, 0) is 38.2 Å². The first-order valence-corrected chi connectivity index (χ1v) is 13.7. The van der Waals surface area contributed by atoms with E-state index in [9.17, 15) is 14.4 Å². The zero-order valence-corrected chi connectivity index (χ0v) is 26.6. The first kappa shape index (κ1) is 49.9. The predicted molar refractivity (Wildman–Crippen MR) is 153 cm³/mol. The fraction of sp³-hybridized carbons (Fsp3) is 0.889. The number of ketones is 1. The lowest BCUT2D eigenvalue weighted by molar-refractivity contribution is -0.138. The molecule has 1 aliphatic rings. The van der Waals surface area contributed by atoms with E-state index in [2.05, 4.69) is 55.8 Å². The maximum Gasteiger partial charge on any atom is 0.302 e. The molecule has 34 heavy (non-hydrogen) atoms. The van der Waals surface area contributed by atoms with Gasteiger partial charge in [0.1, 0.15) is 5.78 Å². The van der Waals surface area contributed by atoms with Gasteiger partial charge >= 0.3 is 11.9 Å². The Balaban J connectivity index is -0.0000000508. The minimum Gasteiger partial charge on any atom is -0.469 e. The second kappa shape index (κ2) is 53.3. The van der Waals surface area contributed by atoms with Crippen LogP contribution in [0, 0.1) is 11.8 Å². The fourth-order valence-electron chi connectivity index (χ4n) is 1.43. The normalized spacial score (nSPS) is 14.2. The Morgan fingerprint density at radius 3 is 0.794 bits per heavy atom. The topological polar surface area (TPSA) is 78.9 Å². The predicted octanol–water partition coefficient (Wildman–Crippen LogP) is 7.86. The second-order valence-electron chi connectivity index (χ2n) is 7.90. The van der Waals surface area contributed by atoms with Crippen molar-refractivity contribution >= 4 is 29.5 Å². The van der Waals surface area contributed by atoms with E-state index in [0.717, 1.165) is 11.8 Å². The van der Waals surface area contributed by atoms with Gasteiger partial charge in [0, 0.05) is 28.1 Å². The molecule has 0 aromatic rings. The molecule has 0 bridgehead atoms. The quantitative estimate of drug-likeness (QED) is 0.304. The maximum absolute atomic E-state index is 9.59. The van der Waals surface area contributed by atoms with E-state index in [-0.39, 0.29) is 17.7 Å². The molecular formula is C27H62O6S. The van der Waals surface area contributed by atoms with Crippen molar-refractivity contribution < 1.29 is 28.6 Å². The molecule has 0 saturated heterocycles. The van der Waals surface area contributed by atoms with Crippen molar-refractivity contribution in [3.63, 3.8) is 0 Å². The number of esters is 2. The number of carbonyl (C=O) groups is 3. The Hall–Kier alpha value is -1.08. The molecule has 0 atom stereocenters. The van der Waals surface area contributed by atoms with Crippen molar-refractivity contribution in [3.8, 4) is 0 Å². The van der Waals surface area contributed by atoms with Crippen LogP contribution in [-0.2, 0) is 28.6 Å². The highest BCUT2D eigenvalue weighted by Crippen LogP contribution is 2.27. The van der Waals surface area contributed by atoms with Crippen LogP contribution in [0.2, 0.25) is 0 Å². The Morgan fingerprint density at radius 2 is 0.735 bits per heavy atom. The van der Waals surface area contributed by atoms with Crippen LogP contribution >= 0.6 is 11.8 Å². The van der Waals surface area contributed by atoms with E-state index in [1.807, 2.05) is 12.5 Å². The molecule has 1 fully saturated rings. The van der Waals surface area contributed by atoms with Gasteiger partial charge in [0.2, 0.25) is 0 Å². The summed E-state index contributed by atoms with van der Waals surface area (Å²) in [6.45, 7) is 19.0. The number of thioether (sulfide) groups is 1. The minimum absolute atomic E-state index is 0.167. The molecule has 0 aromatic carbocycles. The van der Waals surface area contributed by atoms with Crippen molar-refractivity contribution in [1.29, 1.82) is 0 Å². The zero-order chi connectivity index (χ0) is 29.0. The standard InChI is InChI=1S/C8H16.2C3H6O2.C3H6O.2C3H8.C2H6O.C2H6S/c1-7-3-5-8(2)6-4-7;2*1-3(4)5-2;1-3(2)4;4*1-3-2/h7-8H,3-6H2,1-2H3;2*1-2H3;1-2H3;2*3H2,1-2H3;2*1-2H3. The van der Waals surface area contributed by atoms with Gasteiger partial charge in [-0.3, -0.25) is 9.59 Å². The fourth-order valence-corrected chi connectivity index (χ4v) is 1.43. The summed E-state index contributed by atoms with van der Waals surface area (Å²) in [6, 6.07) is 0. The number of hydrogen-bond acceptors (Lipinski definition) is 7. The summed E-state index contributed by atoms with van der Waals surface area (Å²) in [5.41, 5.74) is 0. The van der Waals surface area contributed by atoms with Gasteiger partial charge in [0.05, 0.1) is 14.2 Å². The highest BCUT2D eigenvalue weighted by molar-refractivity contribution is 7.97. The van der Waals surface area contributed by atoms with Gasteiger partial charge in [-0.25, -0.2) is 0 Å². The molecule has 0 aromatic heterocycles. The molecule has 0 N–H and O–H groups in total. The van der Waals surface area contributed by atoms with Crippen LogP contribution in [-0.4, -0.2) is 58.7 Å². The Morgan fingerprint density at radius 1 is 0.647 bits per heavy atom. The van der Waals surface area contributed by atoms with E-state index < -0.39 is 0 Å². The summed E-state index contributed by atoms with van der Waals surface area (Å²) in [4.78, 5) is 28.6. The summed E-state index contributed by atoms with van der Waals surface area (Å²) in [5.74, 6) is 1.72. The minimum atomic E-state index is -0.245.